The Morgan fingerprint density at radius 2 is 1.53 bits per heavy atom. The molecule has 1 aliphatic rings. The SMILES string of the molecule is CC(Oc1ccc(C(C)C)cc1)C(=O)Nc1ccccc1C(=O)N1CCCCCC1. The van der Waals surface area contributed by atoms with E-state index in [9.17, 15) is 9.59 Å². The van der Waals surface area contributed by atoms with Gasteiger partial charge >= 0.3 is 0 Å². The van der Waals surface area contributed by atoms with Crippen molar-refractivity contribution in [1.82, 2.24) is 4.90 Å². The fourth-order valence-corrected chi connectivity index (χ4v) is 3.65. The van der Waals surface area contributed by atoms with Crippen molar-refractivity contribution >= 4 is 17.5 Å². The second kappa shape index (κ2) is 10.3. The second-order valence-electron chi connectivity index (χ2n) is 8.23. The molecule has 2 aromatic carbocycles. The van der Waals surface area contributed by atoms with Gasteiger partial charge in [-0.25, -0.2) is 0 Å². The number of benzene rings is 2. The van der Waals surface area contributed by atoms with Gasteiger partial charge in [-0.2, -0.15) is 0 Å². The van der Waals surface area contributed by atoms with Crippen LogP contribution in [0, 0.1) is 0 Å². The molecular weight excluding hydrogens is 376 g/mol. The molecule has 160 valence electrons. The number of hydrogen-bond acceptors (Lipinski definition) is 3. The molecule has 1 saturated heterocycles. The van der Waals surface area contributed by atoms with E-state index >= 15 is 0 Å². The highest BCUT2D eigenvalue weighted by molar-refractivity contribution is 6.04. The summed E-state index contributed by atoms with van der Waals surface area (Å²) in [5.74, 6) is 0.790. The molecule has 1 fully saturated rings. The van der Waals surface area contributed by atoms with Crippen LogP contribution in [0.1, 0.15) is 68.3 Å². The lowest BCUT2D eigenvalue weighted by Crippen LogP contribution is -2.34. The molecule has 0 saturated carbocycles. The Morgan fingerprint density at radius 1 is 0.900 bits per heavy atom. The minimum Gasteiger partial charge on any atom is -0.481 e. The van der Waals surface area contributed by atoms with Gasteiger partial charge in [0.1, 0.15) is 5.75 Å². The van der Waals surface area contributed by atoms with Crippen LogP contribution in [-0.4, -0.2) is 35.9 Å². The third-order valence-electron chi connectivity index (χ3n) is 5.54. The zero-order valence-electron chi connectivity index (χ0n) is 18.2. The number of rotatable bonds is 6. The molecule has 0 bridgehead atoms. The van der Waals surface area contributed by atoms with Crippen LogP contribution < -0.4 is 10.1 Å². The average molecular weight is 409 g/mol. The van der Waals surface area contributed by atoms with Crippen LogP contribution in [0.4, 0.5) is 5.69 Å². The first-order chi connectivity index (χ1) is 14.5. The first kappa shape index (κ1) is 21.9. The summed E-state index contributed by atoms with van der Waals surface area (Å²) in [4.78, 5) is 27.7. The molecule has 0 spiro atoms. The number of anilines is 1. The van der Waals surface area contributed by atoms with E-state index in [1.54, 1.807) is 19.1 Å². The molecule has 0 radical (unpaired) electrons. The summed E-state index contributed by atoms with van der Waals surface area (Å²) in [6.07, 6.45) is 3.70. The second-order valence-corrected chi connectivity index (χ2v) is 8.23. The molecule has 1 aliphatic heterocycles. The predicted octanol–water partition coefficient (Wildman–Crippen LogP) is 5.23. The maximum Gasteiger partial charge on any atom is 0.265 e. The summed E-state index contributed by atoms with van der Waals surface area (Å²) in [6.45, 7) is 7.53. The predicted molar refractivity (Wildman–Crippen MR) is 120 cm³/mol. The van der Waals surface area contributed by atoms with Gasteiger partial charge in [-0.1, -0.05) is 51.0 Å². The van der Waals surface area contributed by atoms with Gasteiger partial charge in [-0.3, -0.25) is 9.59 Å². The van der Waals surface area contributed by atoms with Crippen molar-refractivity contribution in [3.8, 4) is 5.75 Å². The lowest BCUT2D eigenvalue weighted by molar-refractivity contribution is -0.122. The Balaban J connectivity index is 1.66. The lowest BCUT2D eigenvalue weighted by atomic mass is 10.0. The fourth-order valence-electron chi connectivity index (χ4n) is 3.65. The number of nitrogens with one attached hydrogen (secondary N) is 1. The molecule has 1 heterocycles. The summed E-state index contributed by atoms with van der Waals surface area (Å²) in [7, 11) is 0. The van der Waals surface area contributed by atoms with Crippen molar-refractivity contribution in [2.45, 2.75) is 58.5 Å². The number of likely N-dealkylation sites (tertiary alicyclic amines) is 1. The van der Waals surface area contributed by atoms with E-state index in [0.29, 0.717) is 22.9 Å². The molecule has 5 heteroatoms. The smallest absolute Gasteiger partial charge is 0.265 e. The highest BCUT2D eigenvalue weighted by atomic mass is 16.5. The van der Waals surface area contributed by atoms with E-state index < -0.39 is 6.10 Å². The summed E-state index contributed by atoms with van der Waals surface area (Å²) < 4.78 is 5.81. The first-order valence-electron chi connectivity index (χ1n) is 10.9. The molecule has 2 amide bonds. The minimum absolute atomic E-state index is 0.0226. The van der Waals surface area contributed by atoms with Crippen LogP contribution in [0.5, 0.6) is 5.75 Å². The van der Waals surface area contributed by atoms with Gasteiger partial charge in [-0.05, 0) is 55.5 Å². The highest BCUT2D eigenvalue weighted by Gasteiger charge is 2.22. The van der Waals surface area contributed by atoms with Gasteiger partial charge in [0.15, 0.2) is 6.10 Å². The van der Waals surface area contributed by atoms with Gasteiger partial charge in [-0.15, -0.1) is 0 Å². The Labute approximate surface area is 179 Å². The van der Waals surface area contributed by atoms with Crippen molar-refractivity contribution in [3.63, 3.8) is 0 Å². The Bertz CT molecular complexity index is 853. The maximum atomic E-state index is 13.0. The van der Waals surface area contributed by atoms with Gasteiger partial charge < -0.3 is 15.0 Å². The lowest BCUT2D eigenvalue weighted by Gasteiger charge is -2.22. The van der Waals surface area contributed by atoms with Crippen LogP contribution >= 0.6 is 0 Å². The van der Waals surface area contributed by atoms with Crippen LogP contribution in [-0.2, 0) is 4.79 Å². The van der Waals surface area contributed by atoms with E-state index in [1.165, 1.54) is 5.56 Å². The molecule has 5 nitrogen and oxygen atoms in total. The third kappa shape index (κ3) is 5.62. The summed E-state index contributed by atoms with van der Waals surface area (Å²) >= 11 is 0. The molecule has 30 heavy (non-hydrogen) atoms. The highest BCUT2D eigenvalue weighted by Crippen LogP contribution is 2.22. The fraction of sp³-hybridized carbons (Fsp3) is 0.440. The molecule has 3 rings (SSSR count). The molecule has 1 N–H and O–H groups in total. The largest absolute Gasteiger partial charge is 0.481 e. The minimum atomic E-state index is -0.684. The maximum absolute atomic E-state index is 13.0. The van der Waals surface area contributed by atoms with Gasteiger partial charge in [0.25, 0.3) is 11.8 Å². The number of nitrogens with zero attached hydrogens (tertiary/aromatic N) is 1. The molecule has 2 aromatic rings. The van der Waals surface area contributed by atoms with Crippen molar-refractivity contribution < 1.29 is 14.3 Å². The van der Waals surface area contributed by atoms with Crippen LogP contribution in [0.2, 0.25) is 0 Å². The van der Waals surface area contributed by atoms with E-state index in [2.05, 4.69) is 19.2 Å². The van der Waals surface area contributed by atoms with E-state index in [1.807, 2.05) is 41.3 Å². The molecule has 1 unspecified atom stereocenters. The van der Waals surface area contributed by atoms with Gasteiger partial charge in [0, 0.05) is 13.1 Å². The Hall–Kier alpha value is -2.82. The zero-order valence-corrected chi connectivity index (χ0v) is 18.2. The zero-order chi connectivity index (χ0) is 21.5. The normalized spacial score (nSPS) is 15.4. The number of ether oxygens (including phenoxy) is 1. The Kier molecular flexibility index (Phi) is 7.50. The number of carbonyl (C=O) groups excluding carboxylic acids is 2. The topological polar surface area (TPSA) is 58.6 Å². The van der Waals surface area contributed by atoms with Crippen LogP contribution in [0.25, 0.3) is 0 Å². The summed E-state index contributed by atoms with van der Waals surface area (Å²) in [5, 5.41) is 2.88. The summed E-state index contributed by atoms with van der Waals surface area (Å²) in [6, 6.07) is 15.0. The molecule has 1 atom stereocenters. The van der Waals surface area contributed by atoms with Gasteiger partial charge in [0.2, 0.25) is 0 Å². The quantitative estimate of drug-likeness (QED) is 0.712. The molecule has 0 aliphatic carbocycles. The monoisotopic (exact) mass is 408 g/mol. The number of hydrogen-bond donors (Lipinski definition) is 1. The van der Waals surface area contributed by atoms with E-state index in [0.717, 1.165) is 38.8 Å². The molecule has 0 aromatic heterocycles. The van der Waals surface area contributed by atoms with Crippen LogP contribution in [0.3, 0.4) is 0 Å². The number of amides is 2. The standard InChI is InChI=1S/C25H32N2O3/c1-18(2)20-12-14-21(15-13-20)30-19(3)24(28)26-23-11-7-6-10-22(23)25(29)27-16-8-4-5-9-17-27/h6-7,10-15,18-19H,4-5,8-9,16-17H2,1-3H3,(H,26,28). The summed E-state index contributed by atoms with van der Waals surface area (Å²) in [5.41, 5.74) is 2.28. The van der Waals surface area contributed by atoms with Crippen molar-refractivity contribution in [2.75, 3.05) is 18.4 Å². The number of para-hydroxylation sites is 1. The third-order valence-corrected chi connectivity index (χ3v) is 5.54. The van der Waals surface area contributed by atoms with Crippen molar-refractivity contribution in [1.29, 1.82) is 0 Å². The number of carbonyl (C=O) groups is 2. The van der Waals surface area contributed by atoms with Crippen molar-refractivity contribution in [2.24, 2.45) is 0 Å². The first-order valence-corrected chi connectivity index (χ1v) is 10.9. The van der Waals surface area contributed by atoms with E-state index in [-0.39, 0.29) is 11.8 Å². The Morgan fingerprint density at radius 3 is 2.17 bits per heavy atom. The van der Waals surface area contributed by atoms with Gasteiger partial charge in [0.05, 0.1) is 11.3 Å². The van der Waals surface area contributed by atoms with Crippen LogP contribution in [0.15, 0.2) is 48.5 Å². The van der Waals surface area contributed by atoms with E-state index in [4.69, 9.17) is 4.74 Å². The van der Waals surface area contributed by atoms with Crippen molar-refractivity contribution in [3.05, 3.63) is 59.7 Å². The molecular formula is C25H32N2O3. The average Bonchev–Trinajstić information content (AvgIpc) is 3.03.